The number of anilines is 1. The van der Waals surface area contributed by atoms with Crippen molar-refractivity contribution >= 4 is 45.3 Å². The fourth-order valence-corrected chi connectivity index (χ4v) is 6.30. The zero-order valence-electron chi connectivity index (χ0n) is 19.4. The van der Waals surface area contributed by atoms with Crippen molar-refractivity contribution in [1.82, 2.24) is 9.97 Å². The second-order valence-corrected chi connectivity index (χ2v) is 11.2. The van der Waals surface area contributed by atoms with Gasteiger partial charge in [0.1, 0.15) is 10.6 Å². The molecule has 0 bridgehead atoms. The molecule has 3 rings (SSSR count). The number of hydrogen-bond acceptors (Lipinski definition) is 7. The van der Waals surface area contributed by atoms with Crippen molar-refractivity contribution < 1.29 is 4.74 Å². The number of pyridine rings is 2. The van der Waals surface area contributed by atoms with Crippen molar-refractivity contribution in [2.24, 2.45) is 4.99 Å². The van der Waals surface area contributed by atoms with Gasteiger partial charge in [0.2, 0.25) is 0 Å². The van der Waals surface area contributed by atoms with Gasteiger partial charge in [0.15, 0.2) is 0 Å². The molecular weight excluding hydrogens is 424 g/mol. The number of hydrogen-bond donors (Lipinski definition) is 1. The van der Waals surface area contributed by atoms with Crippen molar-refractivity contribution in [3.05, 3.63) is 35.0 Å². The second-order valence-electron chi connectivity index (χ2n) is 8.87. The number of nitrogens with two attached hydrogens (primary N) is 1. The molecule has 166 valence electrons. The predicted molar refractivity (Wildman–Crippen MR) is 136 cm³/mol. The van der Waals surface area contributed by atoms with Crippen molar-refractivity contribution in [3.8, 4) is 11.3 Å². The van der Waals surface area contributed by atoms with Crippen LogP contribution >= 0.6 is 23.1 Å². The van der Waals surface area contributed by atoms with Crippen LogP contribution in [0.4, 0.5) is 5.82 Å². The number of aliphatic imine (C=N–C) groups is 1. The van der Waals surface area contributed by atoms with E-state index >= 15 is 0 Å². The maximum atomic E-state index is 6.02. The molecule has 0 unspecified atom stereocenters. The largest absolute Gasteiger partial charge is 0.384 e. The Morgan fingerprint density at radius 1 is 1.29 bits per heavy atom. The molecule has 3 aromatic rings. The topological polar surface area (TPSA) is 73.4 Å². The van der Waals surface area contributed by atoms with Gasteiger partial charge in [-0.1, -0.05) is 34.6 Å². The van der Waals surface area contributed by atoms with E-state index in [1.807, 2.05) is 17.8 Å². The van der Waals surface area contributed by atoms with Gasteiger partial charge in [-0.2, -0.15) is 0 Å². The summed E-state index contributed by atoms with van der Waals surface area (Å²) in [5.74, 6) is 1.82. The Labute approximate surface area is 193 Å². The van der Waals surface area contributed by atoms with E-state index < -0.39 is 0 Å². The normalized spacial score (nSPS) is 12.5. The van der Waals surface area contributed by atoms with E-state index in [0.717, 1.165) is 34.0 Å². The molecule has 0 atom stereocenters. The van der Waals surface area contributed by atoms with Gasteiger partial charge in [0.25, 0.3) is 0 Å². The van der Waals surface area contributed by atoms with E-state index in [0.29, 0.717) is 11.7 Å². The summed E-state index contributed by atoms with van der Waals surface area (Å²) in [6, 6.07) is 4.24. The molecule has 2 N–H and O–H groups in total. The summed E-state index contributed by atoms with van der Waals surface area (Å²) >= 11 is 3.65. The molecule has 0 radical (unpaired) electrons. The highest BCUT2D eigenvalue weighted by molar-refractivity contribution is 8.01. The third-order valence-corrected chi connectivity index (χ3v) is 7.43. The molecular formula is C24H32N4OS2. The lowest BCUT2D eigenvalue weighted by Gasteiger charge is -2.23. The maximum Gasteiger partial charge on any atom is 0.132 e. The van der Waals surface area contributed by atoms with E-state index in [1.54, 1.807) is 37.9 Å². The maximum absolute atomic E-state index is 6.02. The zero-order valence-corrected chi connectivity index (χ0v) is 21.1. The highest BCUT2D eigenvalue weighted by Gasteiger charge is 2.26. The van der Waals surface area contributed by atoms with Crippen molar-refractivity contribution in [1.29, 1.82) is 0 Å². The average molecular weight is 457 g/mol. The molecule has 3 aromatic heterocycles. The van der Waals surface area contributed by atoms with Crippen LogP contribution in [0.1, 0.15) is 57.2 Å². The van der Waals surface area contributed by atoms with E-state index in [-0.39, 0.29) is 5.41 Å². The minimum atomic E-state index is -0.0237. The lowest BCUT2D eigenvalue weighted by Crippen LogP contribution is -2.13. The number of thioether (sulfide) groups is 1. The Hall–Kier alpha value is -1.96. The molecule has 0 spiro atoms. The molecule has 0 saturated heterocycles. The Balaban J connectivity index is 2.26. The number of methoxy groups -OCH3 is 1. The number of nitrogens with zero attached hydrogens (tertiary/aromatic N) is 3. The predicted octanol–water partition coefficient (Wildman–Crippen LogP) is 6.15. The number of fused-ring (bicyclic) bond motifs is 1. The van der Waals surface area contributed by atoms with Crippen molar-refractivity contribution in [2.45, 2.75) is 50.2 Å². The van der Waals surface area contributed by atoms with E-state index in [4.69, 9.17) is 15.5 Å². The van der Waals surface area contributed by atoms with Gasteiger partial charge < -0.3 is 10.5 Å². The van der Waals surface area contributed by atoms with E-state index in [1.165, 1.54) is 20.7 Å². The quantitative estimate of drug-likeness (QED) is 0.262. The first-order chi connectivity index (χ1) is 14.7. The van der Waals surface area contributed by atoms with Crippen LogP contribution in [-0.2, 0) is 10.2 Å². The minimum Gasteiger partial charge on any atom is -0.384 e. The fourth-order valence-electron chi connectivity index (χ4n) is 3.56. The van der Waals surface area contributed by atoms with Crippen LogP contribution in [0.3, 0.4) is 0 Å². The second kappa shape index (κ2) is 9.67. The Bertz CT molecular complexity index is 1100. The van der Waals surface area contributed by atoms with Crippen LogP contribution in [-0.4, -0.2) is 42.7 Å². The molecule has 0 aromatic carbocycles. The highest BCUT2D eigenvalue weighted by Crippen LogP contribution is 2.46. The summed E-state index contributed by atoms with van der Waals surface area (Å²) < 4.78 is 6.61. The van der Waals surface area contributed by atoms with Gasteiger partial charge >= 0.3 is 0 Å². The smallest absolute Gasteiger partial charge is 0.132 e. The SMILES string of the molecule is CN=Cc1cc(-c2cc(C(C)(C)C)c3c(C(C)C)c(SCCOC)sc3n2)cnc1N. The Kier molecular flexibility index (Phi) is 7.39. The third-order valence-electron chi connectivity index (χ3n) is 5.08. The van der Waals surface area contributed by atoms with E-state index in [9.17, 15) is 0 Å². The van der Waals surface area contributed by atoms with Crippen molar-refractivity contribution in [2.75, 3.05) is 32.3 Å². The van der Waals surface area contributed by atoms with Gasteiger partial charge in [-0.05, 0) is 34.6 Å². The van der Waals surface area contributed by atoms with Crippen LogP contribution < -0.4 is 5.73 Å². The van der Waals surface area contributed by atoms with Crippen LogP contribution in [0.15, 0.2) is 27.5 Å². The summed E-state index contributed by atoms with van der Waals surface area (Å²) in [4.78, 5) is 14.6. The standard InChI is InChI=1S/C24H32N4OS2/c1-14(2)19-20-17(24(3,4)5)11-18(15-10-16(12-26-6)21(25)27-13-15)28-22(20)31-23(19)30-9-8-29-7/h10-14H,8-9H2,1-7H3,(H2,25,27). The lowest BCUT2D eigenvalue weighted by atomic mass is 9.83. The third kappa shape index (κ3) is 5.10. The van der Waals surface area contributed by atoms with Gasteiger partial charge in [-0.3, -0.25) is 4.99 Å². The first-order valence-electron chi connectivity index (χ1n) is 10.4. The van der Waals surface area contributed by atoms with Crippen molar-refractivity contribution in [3.63, 3.8) is 0 Å². The molecule has 0 saturated carbocycles. The van der Waals surface area contributed by atoms with Gasteiger partial charge in [0, 0.05) is 48.8 Å². The summed E-state index contributed by atoms with van der Waals surface area (Å²) in [6.07, 6.45) is 3.54. The molecule has 0 aliphatic rings. The summed E-state index contributed by atoms with van der Waals surface area (Å²) in [5.41, 5.74) is 11.4. The summed E-state index contributed by atoms with van der Waals surface area (Å²) in [6.45, 7) is 12.1. The highest BCUT2D eigenvalue weighted by atomic mass is 32.2. The molecule has 0 fully saturated rings. The first kappa shape index (κ1) is 23.7. The van der Waals surface area contributed by atoms with Gasteiger partial charge in [-0.15, -0.1) is 23.1 Å². The van der Waals surface area contributed by atoms with Crippen LogP contribution in [0.25, 0.3) is 21.5 Å². The molecule has 31 heavy (non-hydrogen) atoms. The molecule has 7 heteroatoms. The van der Waals surface area contributed by atoms with Crippen LogP contribution in [0.5, 0.6) is 0 Å². The molecule has 5 nitrogen and oxygen atoms in total. The lowest BCUT2D eigenvalue weighted by molar-refractivity contribution is 0.218. The number of rotatable bonds is 7. The van der Waals surface area contributed by atoms with Crippen LogP contribution in [0.2, 0.25) is 0 Å². The van der Waals surface area contributed by atoms with E-state index in [2.05, 4.69) is 50.7 Å². The van der Waals surface area contributed by atoms with Gasteiger partial charge in [-0.25, -0.2) is 9.97 Å². The fraction of sp³-hybridized carbons (Fsp3) is 0.458. The molecule has 0 aliphatic carbocycles. The Morgan fingerprint density at radius 3 is 2.65 bits per heavy atom. The number of aromatic nitrogens is 2. The van der Waals surface area contributed by atoms with Crippen LogP contribution in [0, 0.1) is 0 Å². The molecule has 0 amide bonds. The summed E-state index contributed by atoms with van der Waals surface area (Å²) in [5, 5.41) is 1.30. The Morgan fingerprint density at radius 2 is 2.03 bits per heavy atom. The number of thiophene rings is 1. The van der Waals surface area contributed by atoms with Gasteiger partial charge in [0.05, 0.1) is 16.5 Å². The molecule has 3 heterocycles. The summed E-state index contributed by atoms with van der Waals surface area (Å²) in [7, 11) is 3.48. The zero-order chi connectivity index (χ0) is 22.8. The number of nitrogen functional groups attached to an aromatic ring is 1. The monoisotopic (exact) mass is 456 g/mol. The number of ether oxygens (including phenoxy) is 1. The molecule has 0 aliphatic heterocycles. The average Bonchev–Trinajstić information content (AvgIpc) is 3.07. The minimum absolute atomic E-state index is 0.0237. The first-order valence-corrected chi connectivity index (χ1v) is 12.2.